The van der Waals surface area contributed by atoms with Crippen molar-refractivity contribution in [1.29, 1.82) is 0 Å². The molecule has 2 fully saturated rings. The summed E-state index contributed by atoms with van der Waals surface area (Å²) in [5.41, 5.74) is 5.91. The summed E-state index contributed by atoms with van der Waals surface area (Å²) in [6.45, 7) is 0.788. The molecule has 0 bridgehead atoms. The van der Waals surface area contributed by atoms with Crippen molar-refractivity contribution in [1.82, 2.24) is 10.6 Å². The van der Waals surface area contributed by atoms with Crippen LogP contribution in [-0.4, -0.2) is 24.7 Å². The molecule has 2 aliphatic carbocycles. The standard InChI is InChI=1S/C16H31N3O/c17-14-9-8-13(12-14)10-11-18-16(20)19-15-6-4-2-1-3-5-7-15/h13-15H,1-12,17H2,(H2,18,19,20). The first-order chi connectivity index (χ1) is 9.74. The highest BCUT2D eigenvalue weighted by atomic mass is 16.2. The van der Waals surface area contributed by atoms with Crippen molar-refractivity contribution in [2.75, 3.05) is 6.54 Å². The van der Waals surface area contributed by atoms with Gasteiger partial charge in [0.2, 0.25) is 0 Å². The van der Waals surface area contributed by atoms with Crippen molar-refractivity contribution >= 4 is 6.03 Å². The molecule has 0 heterocycles. The van der Waals surface area contributed by atoms with Crippen molar-refractivity contribution in [2.24, 2.45) is 11.7 Å². The lowest BCUT2D eigenvalue weighted by Gasteiger charge is -2.21. The molecule has 2 rings (SSSR count). The molecule has 2 unspecified atom stereocenters. The minimum Gasteiger partial charge on any atom is -0.338 e. The number of carbonyl (C=O) groups excluding carboxylic acids is 1. The molecule has 2 amide bonds. The number of urea groups is 1. The number of carbonyl (C=O) groups is 1. The molecule has 2 saturated carbocycles. The topological polar surface area (TPSA) is 67.1 Å². The van der Waals surface area contributed by atoms with Crippen LogP contribution in [0.4, 0.5) is 4.79 Å². The van der Waals surface area contributed by atoms with Gasteiger partial charge in [-0.05, 0) is 44.4 Å². The van der Waals surface area contributed by atoms with Gasteiger partial charge in [0.15, 0.2) is 0 Å². The molecule has 0 aromatic heterocycles. The predicted molar refractivity (Wildman–Crippen MR) is 82.6 cm³/mol. The Labute approximate surface area is 123 Å². The summed E-state index contributed by atoms with van der Waals surface area (Å²) >= 11 is 0. The zero-order chi connectivity index (χ0) is 14.2. The molecule has 0 aromatic rings. The fourth-order valence-corrected chi connectivity index (χ4v) is 3.60. The summed E-state index contributed by atoms with van der Waals surface area (Å²) in [5, 5.41) is 6.16. The van der Waals surface area contributed by atoms with E-state index in [9.17, 15) is 4.79 Å². The van der Waals surface area contributed by atoms with Gasteiger partial charge in [-0.3, -0.25) is 0 Å². The van der Waals surface area contributed by atoms with Gasteiger partial charge >= 0.3 is 6.03 Å². The van der Waals surface area contributed by atoms with Crippen molar-refractivity contribution in [3.63, 3.8) is 0 Å². The lowest BCUT2D eigenvalue weighted by molar-refractivity contribution is 0.233. The average molecular weight is 281 g/mol. The van der Waals surface area contributed by atoms with Gasteiger partial charge in [-0.2, -0.15) is 0 Å². The number of hydrogen-bond donors (Lipinski definition) is 3. The highest BCUT2D eigenvalue weighted by molar-refractivity contribution is 5.74. The van der Waals surface area contributed by atoms with E-state index < -0.39 is 0 Å². The Morgan fingerprint density at radius 3 is 2.35 bits per heavy atom. The molecule has 2 atom stereocenters. The predicted octanol–water partition coefficient (Wildman–Crippen LogP) is 2.92. The van der Waals surface area contributed by atoms with Crippen LogP contribution in [0, 0.1) is 5.92 Å². The Bertz CT molecular complexity index is 287. The lowest BCUT2D eigenvalue weighted by atomic mass is 9.97. The molecule has 116 valence electrons. The van der Waals surface area contributed by atoms with Crippen molar-refractivity contribution in [2.45, 2.75) is 82.7 Å². The van der Waals surface area contributed by atoms with E-state index in [1.165, 1.54) is 38.5 Å². The molecular formula is C16H31N3O. The second kappa shape index (κ2) is 8.50. The second-order valence-electron chi connectivity index (χ2n) is 6.67. The van der Waals surface area contributed by atoms with Gasteiger partial charge in [-0.1, -0.05) is 32.1 Å². The molecule has 4 N–H and O–H groups in total. The first-order valence-electron chi connectivity index (χ1n) is 8.54. The lowest BCUT2D eigenvalue weighted by Crippen LogP contribution is -2.42. The van der Waals surface area contributed by atoms with E-state index in [2.05, 4.69) is 10.6 Å². The zero-order valence-corrected chi connectivity index (χ0v) is 12.7. The highest BCUT2D eigenvalue weighted by Crippen LogP contribution is 2.26. The smallest absolute Gasteiger partial charge is 0.315 e. The maximum Gasteiger partial charge on any atom is 0.315 e. The summed E-state index contributed by atoms with van der Waals surface area (Å²) in [6.07, 6.45) is 13.4. The van der Waals surface area contributed by atoms with Crippen LogP contribution in [0.1, 0.15) is 70.6 Å². The van der Waals surface area contributed by atoms with Crippen LogP contribution in [0.2, 0.25) is 0 Å². The summed E-state index contributed by atoms with van der Waals surface area (Å²) in [7, 11) is 0. The zero-order valence-electron chi connectivity index (χ0n) is 12.7. The summed E-state index contributed by atoms with van der Waals surface area (Å²) in [6, 6.07) is 0.803. The van der Waals surface area contributed by atoms with Crippen LogP contribution >= 0.6 is 0 Å². The minimum atomic E-state index is 0.0258. The maximum absolute atomic E-state index is 11.9. The first kappa shape index (κ1) is 15.6. The van der Waals surface area contributed by atoms with Gasteiger partial charge < -0.3 is 16.4 Å². The molecule has 2 aliphatic rings. The quantitative estimate of drug-likeness (QED) is 0.741. The van der Waals surface area contributed by atoms with E-state index in [0.29, 0.717) is 18.0 Å². The van der Waals surface area contributed by atoms with Crippen LogP contribution in [0.15, 0.2) is 0 Å². The Morgan fingerprint density at radius 2 is 1.70 bits per heavy atom. The third-order valence-electron chi connectivity index (χ3n) is 4.86. The fourth-order valence-electron chi connectivity index (χ4n) is 3.60. The number of rotatable bonds is 4. The summed E-state index contributed by atoms with van der Waals surface area (Å²) in [5.74, 6) is 0.715. The molecule has 0 spiro atoms. The van der Waals surface area contributed by atoms with E-state index in [1.54, 1.807) is 0 Å². The van der Waals surface area contributed by atoms with Crippen molar-refractivity contribution in [3.05, 3.63) is 0 Å². The normalized spacial score (nSPS) is 28.6. The molecule has 20 heavy (non-hydrogen) atoms. The van der Waals surface area contributed by atoms with E-state index in [-0.39, 0.29) is 6.03 Å². The molecule has 4 nitrogen and oxygen atoms in total. The van der Waals surface area contributed by atoms with Gasteiger partial charge in [0.25, 0.3) is 0 Å². The molecular weight excluding hydrogens is 250 g/mol. The van der Waals surface area contributed by atoms with Crippen LogP contribution in [0.25, 0.3) is 0 Å². The number of hydrogen-bond acceptors (Lipinski definition) is 2. The molecule has 4 heteroatoms. The highest BCUT2D eigenvalue weighted by Gasteiger charge is 2.21. The van der Waals surface area contributed by atoms with Crippen LogP contribution in [-0.2, 0) is 0 Å². The second-order valence-corrected chi connectivity index (χ2v) is 6.67. The largest absolute Gasteiger partial charge is 0.338 e. The number of nitrogens with two attached hydrogens (primary N) is 1. The van der Waals surface area contributed by atoms with E-state index in [0.717, 1.165) is 38.6 Å². The Kier molecular flexibility index (Phi) is 6.64. The van der Waals surface area contributed by atoms with E-state index in [4.69, 9.17) is 5.73 Å². The van der Waals surface area contributed by atoms with Gasteiger partial charge in [0, 0.05) is 18.6 Å². The summed E-state index contributed by atoms with van der Waals surface area (Å²) < 4.78 is 0. The van der Waals surface area contributed by atoms with Gasteiger partial charge in [0.05, 0.1) is 0 Å². The maximum atomic E-state index is 11.9. The van der Waals surface area contributed by atoms with Gasteiger partial charge in [-0.25, -0.2) is 4.79 Å². The van der Waals surface area contributed by atoms with Crippen LogP contribution in [0.3, 0.4) is 0 Å². The monoisotopic (exact) mass is 281 g/mol. The van der Waals surface area contributed by atoms with Gasteiger partial charge in [-0.15, -0.1) is 0 Å². The fraction of sp³-hybridized carbons (Fsp3) is 0.938. The SMILES string of the molecule is NC1CCC(CCNC(=O)NC2CCCCCCC2)C1. The number of amides is 2. The Morgan fingerprint density at radius 1 is 1.00 bits per heavy atom. The van der Waals surface area contributed by atoms with Crippen molar-refractivity contribution < 1.29 is 4.79 Å². The average Bonchev–Trinajstić information content (AvgIpc) is 2.78. The van der Waals surface area contributed by atoms with E-state index >= 15 is 0 Å². The minimum absolute atomic E-state index is 0.0258. The Balaban J connectivity index is 1.57. The summed E-state index contributed by atoms with van der Waals surface area (Å²) in [4.78, 5) is 11.9. The third kappa shape index (κ3) is 5.70. The molecule has 0 radical (unpaired) electrons. The number of nitrogens with one attached hydrogen (secondary N) is 2. The Hall–Kier alpha value is -0.770. The van der Waals surface area contributed by atoms with Gasteiger partial charge in [0.1, 0.15) is 0 Å². The van der Waals surface area contributed by atoms with Crippen molar-refractivity contribution in [3.8, 4) is 0 Å². The van der Waals surface area contributed by atoms with Crippen LogP contribution in [0.5, 0.6) is 0 Å². The van der Waals surface area contributed by atoms with E-state index in [1.807, 2.05) is 0 Å². The molecule has 0 aromatic carbocycles. The van der Waals surface area contributed by atoms with Crippen LogP contribution < -0.4 is 16.4 Å². The molecule has 0 aliphatic heterocycles. The third-order valence-corrected chi connectivity index (χ3v) is 4.86. The first-order valence-corrected chi connectivity index (χ1v) is 8.54. The molecule has 0 saturated heterocycles.